The molecule has 3 aromatic carbocycles. The van der Waals surface area contributed by atoms with Crippen molar-refractivity contribution in [1.29, 1.82) is 0 Å². The Hall–Kier alpha value is -3.06. The molecule has 3 rings (SSSR count). The monoisotopic (exact) mass is 325 g/mol. The molecule has 0 bridgehead atoms. The molecule has 0 spiro atoms. The largest absolute Gasteiger partial charge is 0.337 e. The molecule has 0 N–H and O–H groups in total. The highest BCUT2D eigenvalue weighted by Gasteiger charge is 2.39. The highest BCUT2D eigenvalue weighted by Crippen LogP contribution is 2.42. The SMILES string of the molecule is C=CN(/C=C\C)C(c1ccccc1)(c1ccccc1)c1ccccc1. The second-order valence-electron chi connectivity index (χ2n) is 5.88. The first-order valence-electron chi connectivity index (χ1n) is 8.54. The zero-order chi connectivity index (χ0) is 17.5. The van der Waals surface area contributed by atoms with Gasteiger partial charge in [0.25, 0.3) is 0 Å². The minimum Gasteiger partial charge on any atom is -0.337 e. The summed E-state index contributed by atoms with van der Waals surface area (Å²) in [6.07, 6.45) is 6.03. The lowest BCUT2D eigenvalue weighted by Crippen LogP contribution is -2.42. The summed E-state index contributed by atoms with van der Waals surface area (Å²) in [5.74, 6) is 0. The Labute approximate surface area is 150 Å². The van der Waals surface area contributed by atoms with Gasteiger partial charge in [-0.3, -0.25) is 0 Å². The lowest BCUT2D eigenvalue weighted by atomic mass is 9.76. The normalized spacial score (nSPS) is 11.4. The van der Waals surface area contributed by atoms with Crippen molar-refractivity contribution in [3.8, 4) is 0 Å². The van der Waals surface area contributed by atoms with E-state index in [4.69, 9.17) is 0 Å². The second kappa shape index (κ2) is 7.67. The van der Waals surface area contributed by atoms with E-state index in [1.54, 1.807) is 0 Å². The van der Waals surface area contributed by atoms with Crippen LogP contribution in [0.1, 0.15) is 23.6 Å². The molecule has 0 aliphatic heterocycles. The smallest absolute Gasteiger partial charge is 0.120 e. The Morgan fingerprint density at radius 1 is 0.680 bits per heavy atom. The van der Waals surface area contributed by atoms with Crippen LogP contribution in [-0.2, 0) is 5.54 Å². The van der Waals surface area contributed by atoms with Crippen LogP contribution in [0, 0.1) is 0 Å². The fourth-order valence-electron chi connectivity index (χ4n) is 3.46. The Kier molecular flexibility index (Phi) is 5.15. The summed E-state index contributed by atoms with van der Waals surface area (Å²) in [7, 11) is 0. The van der Waals surface area contributed by atoms with E-state index in [2.05, 4.69) is 109 Å². The van der Waals surface area contributed by atoms with E-state index in [0.29, 0.717) is 0 Å². The van der Waals surface area contributed by atoms with E-state index < -0.39 is 5.54 Å². The van der Waals surface area contributed by atoms with Gasteiger partial charge in [-0.15, -0.1) is 0 Å². The van der Waals surface area contributed by atoms with Gasteiger partial charge in [0.05, 0.1) is 0 Å². The molecule has 0 unspecified atom stereocenters. The quantitative estimate of drug-likeness (QED) is 0.506. The third kappa shape index (κ3) is 3.01. The van der Waals surface area contributed by atoms with Crippen LogP contribution in [0.25, 0.3) is 0 Å². The number of hydrogen-bond donors (Lipinski definition) is 0. The van der Waals surface area contributed by atoms with Crippen molar-refractivity contribution in [2.45, 2.75) is 12.5 Å². The molecular formula is C24H23N. The Morgan fingerprint density at radius 2 is 1.04 bits per heavy atom. The Morgan fingerprint density at radius 3 is 1.32 bits per heavy atom. The van der Waals surface area contributed by atoms with Crippen molar-refractivity contribution >= 4 is 0 Å². The number of hydrogen-bond acceptors (Lipinski definition) is 1. The molecule has 3 aromatic rings. The minimum absolute atomic E-state index is 0.474. The fourth-order valence-corrected chi connectivity index (χ4v) is 3.46. The lowest BCUT2D eigenvalue weighted by molar-refractivity contribution is 0.316. The van der Waals surface area contributed by atoms with E-state index in [0.717, 1.165) is 0 Å². The summed E-state index contributed by atoms with van der Waals surface area (Å²) >= 11 is 0. The molecule has 0 aromatic heterocycles. The molecular weight excluding hydrogens is 302 g/mol. The van der Waals surface area contributed by atoms with Gasteiger partial charge in [0.1, 0.15) is 5.54 Å². The third-order valence-corrected chi connectivity index (χ3v) is 4.47. The molecule has 25 heavy (non-hydrogen) atoms. The predicted octanol–water partition coefficient (Wildman–Crippen LogP) is 5.96. The molecule has 0 heterocycles. The van der Waals surface area contributed by atoms with Crippen LogP contribution in [-0.4, -0.2) is 4.90 Å². The standard InChI is InChI=1S/C24H23N/c1-3-20-25(4-2)24(21-14-8-5-9-15-21,22-16-10-6-11-17-22)23-18-12-7-13-19-23/h3-20H,2H2,1H3/b20-3-. The van der Waals surface area contributed by atoms with Crippen LogP contribution >= 0.6 is 0 Å². The van der Waals surface area contributed by atoms with Gasteiger partial charge in [-0.2, -0.15) is 0 Å². The lowest BCUT2D eigenvalue weighted by Gasteiger charge is -2.43. The number of allylic oxidation sites excluding steroid dienone is 1. The molecule has 0 aliphatic rings. The molecule has 0 saturated carbocycles. The highest BCUT2D eigenvalue weighted by atomic mass is 15.2. The maximum absolute atomic E-state index is 4.10. The van der Waals surface area contributed by atoms with E-state index >= 15 is 0 Å². The molecule has 0 amide bonds. The van der Waals surface area contributed by atoms with E-state index in [9.17, 15) is 0 Å². The average Bonchev–Trinajstić information content (AvgIpc) is 2.70. The van der Waals surface area contributed by atoms with Crippen LogP contribution < -0.4 is 0 Å². The van der Waals surface area contributed by atoms with Crippen LogP contribution in [0.15, 0.2) is 116 Å². The van der Waals surface area contributed by atoms with Crippen molar-refractivity contribution in [3.05, 3.63) is 133 Å². The minimum atomic E-state index is -0.474. The number of benzene rings is 3. The zero-order valence-electron chi connectivity index (χ0n) is 14.5. The van der Waals surface area contributed by atoms with Gasteiger partial charge in [0.15, 0.2) is 0 Å². The van der Waals surface area contributed by atoms with E-state index in [-0.39, 0.29) is 0 Å². The first kappa shape index (κ1) is 16.8. The van der Waals surface area contributed by atoms with Gasteiger partial charge < -0.3 is 4.90 Å². The van der Waals surface area contributed by atoms with Gasteiger partial charge in [0.2, 0.25) is 0 Å². The van der Waals surface area contributed by atoms with Gasteiger partial charge in [0, 0.05) is 6.20 Å². The Balaban J connectivity index is 2.41. The van der Waals surface area contributed by atoms with Crippen molar-refractivity contribution in [2.75, 3.05) is 0 Å². The zero-order valence-corrected chi connectivity index (χ0v) is 14.5. The summed E-state index contributed by atoms with van der Waals surface area (Å²) in [4.78, 5) is 2.19. The van der Waals surface area contributed by atoms with Crippen LogP contribution in [0.5, 0.6) is 0 Å². The van der Waals surface area contributed by atoms with Crippen LogP contribution in [0.3, 0.4) is 0 Å². The van der Waals surface area contributed by atoms with Crippen molar-refractivity contribution < 1.29 is 0 Å². The van der Waals surface area contributed by atoms with Crippen molar-refractivity contribution in [1.82, 2.24) is 4.90 Å². The van der Waals surface area contributed by atoms with E-state index in [1.165, 1.54) is 16.7 Å². The molecule has 0 radical (unpaired) electrons. The average molecular weight is 325 g/mol. The predicted molar refractivity (Wildman–Crippen MR) is 106 cm³/mol. The van der Waals surface area contributed by atoms with Gasteiger partial charge >= 0.3 is 0 Å². The van der Waals surface area contributed by atoms with Crippen molar-refractivity contribution in [3.63, 3.8) is 0 Å². The second-order valence-corrected chi connectivity index (χ2v) is 5.88. The molecule has 0 saturated heterocycles. The van der Waals surface area contributed by atoms with Gasteiger partial charge in [-0.25, -0.2) is 0 Å². The molecule has 0 fully saturated rings. The molecule has 1 heteroatoms. The summed E-state index contributed by atoms with van der Waals surface area (Å²) in [6, 6.07) is 31.8. The van der Waals surface area contributed by atoms with Crippen molar-refractivity contribution in [2.24, 2.45) is 0 Å². The van der Waals surface area contributed by atoms with Crippen LogP contribution in [0.2, 0.25) is 0 Å². The first-order valence-corrected chi connectivity index (χ1v) is 8.54. The van der Waals surface area contributed by atoms with Gasteiger partial charge in [-0.05, 0) is 29.8 Å². The third-order valence-electron chi connectivity index (χ3n) is 4.47. The highest BCUT2D eigenvalue weighted by molar-refractivity contribution is 5.50. The number of nitrogens with zero attached hydrogens (tertiary/aromatic N) is 1. The summed E-state index contributed by atoms with van der Waals surface area (Å²) in [5.41, 5.74) is 3.12. The van der Waals surface area contributed by atoms with Gasteiger partial charge in [-0.1, -0.05) is 104 Å². The van der Waals surface area contributed by atoms with E-state index in [1.807, 2.05) is 19.2 Å². The fraction of sp³-hybridized carbons (Fsp3) is 0.0833. The molecule has 124 valence electrons. The maximum Gasteiger partial charge on any atom is 0.120 e. The molecule has 0 atom stereocenters. The first-order chi connectivity index (χ1) is 12.3. The maximum atomic E-state index is 4.10. The topological polar surface area (TPSA) is 3.24 Å². The molecule has 0 aliphatic carbocycles. The summed E-state index contributed by atoms with van der Waals surface area (Å²) in [5, 5.41) is 0. The Bertz CT molecular complexity index is 723. The molecule has 1 nitrogen and oxygen atoms in total. The summed E-state index contributed by atoms with van der Waals surface area (Å²) in [6.45, 7) is 6.13. The number of rotatable bonds is 6. The van der Waals surface area contributed by atoms with Crippen LogP contribution in [0.4, 0.5) is 0 Å². The summed E-state index contributed by atoms with van der Waals surface area (Å²) < 4.78 is 0.